The van der Waals surface area contributed by atoms with Gasteiger partial charge in [-0.1, -0.05) is 0 Å². The van der Waals surface area contributed by atoms with Crippen LogP contribution in [0.25, 0.3) is 0 Å². The Labute approximate surface area is 135 Å². The molecule has 7 heteroatoms. The summed E-state index contributed by atoms with van der Waals surface area (Å²) in [6.45, 7) is 5.40. The number of aromatic nitrogens is 2. The topological polar surface area (TPSA) is 75.6 Å². The molecule has 0 aromatic carbocycles. The average Bonchev–Trinajstić information content (AvgIpc) is 2.61. The van der Waals surface area contributed by atoms with Gasteiger partial charge in [-0.3, -0.25) is 9.59 Å². The highest BCUT2D eigenvalue weighted by atomic mass is 16.5. The smallest absolute Gasteiger partial charge is 0.272 e. The molecule has 2 saturated heterocycles. The summed E-state index contributed by atoms with van der Waals surface area (Å²) in [5, 5.41) is 0. The minimum Gasteiger partial charge on any atom is -0.378 e. The Hall–Kier alpha value is -2.02. The van der Waals surface area contributed by atoms with Gasteiger partial charge in [0.1, 0.15) is 11.5 Å². The van der Waals surface area contributed by atoms with Crippen LogP contribution in [-0.4, -0.2) is 71.0 Å². The van der Waals surface area contributed by atoms with E-state index < -0.39 is 0 Å². The summed E-state index contributed by atoms with van der Waals surface area (Å²) in [6, 6.07) is 1.63. The van der Waals surface area contributed by atoms with Crippen LogP contribution in [0.4, 0.5) is 0 Å². The highest BCUT2D eigenvalue weighted by molar-refractivity contribution is 5.92. The van der Waals surface area contributed by atoms with Crippen LogP contribution in [0.2, 0.25) is 0 Å². The monoisotopic (exact) mass is 318 g/mol. The van der Waals surface area contributed by atoms with Gasteiger partial charge in [-0.2, -0.15) is 0 Å². The van der Waals surface area contributed by atoms with Crippen LogP contribution in [-0.2, 0) is 9.53 Å². The molecule has 0 saturated carbocycles. The van der Waals surface area contributed by atoms with E-state index in [0.29, 0.717) is 50.9 Å². The summed E-state index contributed by atoms with van der Waals surface area (Å²) < 4.78 is 5.29. The first-order valence-electron chi connectivity index (χ1n) is 8.10. The van der Waals surface area contributed by atoms with Gasteiger partial charge in [-0.15, -0.1) is 0 Å². The van der Waals surface area contributed by atoms with Crippen molar-refractivity contribution < 1.29 is 14.3 Å². The number of morpholine rings is 1. The number of hydrogen-bond acceptors (Lipinski definition) is 5. The van der Waals surface area contributed by atoms with Crippen LogP contribution >= 0.6 is 0 Å². The molecule has 0 aliphatic carbocycles. The Kier molecular flexibility index (Phi) is 4.85. The lowest BCUT2D eigenvalue weighted by atomic mass is 9.96. The number of aryl methyl sites for hydroxylation is 1. The van der Waals surface area contributed by atoms with E-state index in [2.05, 4.69) is 9.97 Å². The Balaban J connectivity index is 1.65. The molecule has 0 N–H and O–H groups in total. The van der Waals surface area contributed by atoms with Crippen molar-refractivity contribution in [3.05, 3.63) is 23.8 Å². The lowest BCUT2D eigenvalue weighted by molar-refractivity contribution is -0.141. The molecule has 1 aromatic heterocycles. The minimum absolute atomic E-state index is 0.116. The summed E-state index contributed by atoms with van der Waals surface area (Å²) in [5.41, 5.74) is 0.400. The van der Waals surface area contributed by atoms with Gasteiger partial charge >= 0.3 is 0 Å². The first kappa shape index (κ1) is 15.9. The molecule has 124 valence electrons. The first-order valence-corrected chi connectivity index (χ1v) is 8.10. The van der Waals surface area contributed by atoms with E-state index in [-0.39, 0.29) is 17.7 Å². The standard InChI is InChI=1S/C16H22N4O3/c1-12-17-5-4-14(18-12)16(22)20-6-2-3-13(11-20)15(21)19-7-9-23-10-8-19/h4-5,13H,2-3,6-11H2,1H3. The Morgan fingerprint density at radius 3 is 2.74 bits per heavy atom. The SMILES string of the molecule is Cc1nccc(C(=O)N2CCCC(C(=O)N3CCOCC3)C2)n1. The number of hydrogen-bond donors (Lipinski definition) is 0. The van der Waals surface area contributed by atoms with Crippen LogP contribution in [0.15, 0.2) is 12.3 Å². The normalized spacial score (nSPS) is 22.0. The van der Waals surface area contributed by atoms with Crippen LogP contribution < -0.4 is 0 Å². The molecule has 3 heterocycles. The van der Waals surface area contributed by atoms with Gasteiger partial charge in [0.2, 0.25) is 5.91 Å². The third-order valence-corrected chi connectivity index (χ3v) is 4.38. The highest BCUT2D eigenvalue weighted by Crippen LogP contribution is 2.21. The molecule has 23 heavy (non-hydrogen) atoms. The van der Waals surface area contributed by atoms with E-state index in [4.69, 9.17) is 4.74 Å². The van der Waals surface area contributed by atoms with Crippen LogP contribution in [0.1, 0.15) is 29.2 Å². The van der Waals surface area contributed by atoms with E-state index in [1.807, 2.05) is 4.90 Å². The fourth-order valence-corrected chi connectivity index (χ4v) is 3.14. The zero-order valence-electron chi connectivity index (χ0n) is 13.4. The summed E-state index contributed by atoms with van der Waals surface area (Å²) in [4.78, 5) is 37.0. The minimum atomic E-state index is -0.117. The second-order valence-electron chi connectivity index (χ2n) is 6.02. The van der Waals surface area contributed by atoms with Crippen molar-refractivity contribution in [1.82, 2.24) is 19.8 Å². The quantitative estimate of drug-likeness (QED) is 0.793. The van der Waals surface area contributed by atoms with Crippen molar-refractivity contribution in [2.24, 2.45) is 5.92 Å². The number of likely N-dealkylation sites (tertiary alicyclic amines) is 1. The summed E-state index contributed by atoms with van der Waals surface area (Å²) in [6.07, 6.45) is 3.27. The van der Waals surface area contributed by atoms with Crippen molar-refractivity contribution in [1.29, 1.82) is 0 Å². The van der Waals surface area contributed by atoms with Crippen molar-refractivity contribution in [2.45, 2.75) is 19.8 Å². The second-order valence-corrected chi connectivity index (χ2v) is 6.02. The maximum Gasteiger partial charge on any atom is 0.272 e. The fourth-order valence-electron chi connectivity index (χ4n) is 3.14. The van der Waals surface area contributed by atoms with Crippen LogP contribution in [0.3, 0.4) is 0 Å². The lowest BCUT2D eigenvalue weighted by Gasteiger charge is -2.36. The highest BCUT2D eigenvalue weighted by Gasteiger charge is 2.32. The molecule has 0 bridgehead atoms. The van der Waals surface area contributed by atoms with Gasteiger partial charge in [0.15, 0.2) is 0 Å². The molecule has 0 spiro atoms. The van der Waals surface area contributed by atoms with Gasteiger partial charge in [0, 0.05) is 32.4 Å². The molecule has 2 fully saturated rings. The number of rotatable bonds is 2. The maximum absolute atomic E-state index is 12.6. The zero-order chi connectivity index (χ0) is 16.2. The second kappa shape index (κ2) is 7.04. The zero-order valence-corrected chi connectivity index (χ0v) is 13.4. The van der Waals surface area contributed by atoms with E-state index in [1.54, 1.807) is 24.1 Å². The lowest BCUT2D eigenvalue weighted by Crippen LogP contribution is -2.49. The summed E-state index contributed by atoms with van der Waals surface area (Å²) in [7, 11) is 0. The third kappa shape index (κ3) is 3.67. The molecule has 1 atom stereocenters. The molecule has 2 aliphatic rings. The number of amides is 2. The summed E-state index contributed by atoms with van der Waals surface area (Å²) >= 11 is 0. The molecule has 7 nitrogen and oxygen atoms in total. The Morgan fingerprint density at radius 1 is 1.22 bits per heavy atom. The van der Waals surface area contributed by atoms with E-state index >= 15 is 0 Å². The maximum atomic E-state index is 12.6. The van der Waals surface area contributed by atoms with Gasteiger partial charge in [-0.05, 0) is 25.8 Å². The molecule has 1 unspecified atom stereocenters. The number of ether oxygens (including phenoxy) is 1. The molecule has 2 aliphatic heterocycles. The Morgan fingerprint density at radius 2 is 2.00 bits per heavy atom. The third-order valence-electron chi connectivity index (χ3n) is 4.38. The largest absolute Gasteiger partial charge is 0.378 e. The molecule has 2 amide bonds. The van der Waals surface area contributed by atoms with Gasteiger partial charge in [-0.25, -0.2) is 9.97 Å². The van der Waals surface area contributed by atoms with Crippen molar-refractivity contribution in [3.63, 3.8) is 0 Å². The van der Waals surface area contributed by atoms with Crippen molar-refractivity contribution in [3.8, 4) is 0 Å². The van der Waals surface area contributed by atoms with Gasteiger partial charge in [0.05, 0.1) is 19.1 Å². The molecule has 0 radical (unpaired) electrons. The van der Waals surface area contributed by atoms with Gasteiger partial charge < -0.3 is 14.5 Å². The summed E-state index contributed by atoms with van der Waals surface area (Å²) in [5.74, 6) is 0.488. The van der Waals surface area contributed by atoms with Crippen molar-refractivity contribution in [2.75, 3.05) is 39.4 Å². The number of carbonyl (C=O) groups is 2. The molecule has 3 rings (SSSR count). The first-order chi connectivity index (χ1) is 11.1. The van der Waals surface area contributed by atoms with Crippen LogP contribution in [0, 0.1) is 12.8 Å². The molecular formula is C16H22N4O3. The number of nitrogens with zero attached hydrogens (tertiary/aromatic N) is 4. The van der Waals surface area contributed by atoms with E-state index in [0.717, 1.165) is 12.8 Å². The number of carbonyl (C=O) groups excluding carboxylic acids is 2. The fraction of sp³-hybridized carbons (Fsp3) is 0.625. The van der Waals surface area contributed by atoms with E-state index in [9.17, 15) is 9.59 Å². The van der Waals surface area contributed by atoms with E-state index in [1.165, 1.54) is 0 Å². The predicted molar refractivity (Wildman–Crippen MR) is 82.8 cm³/mol. The number of piperidine rings is 1. The molecular weight excluding hydrogens is 296 g/mol. The molecule has 1 aromatic rings. The van der Waals surface area contributed by atoms with Crippen molar-refractivity contribution >= 4 is 11.8 Å². The van der Waals surface area contributed by atoms with Crippen LogP contribution in [0.5, 0.6) is 0 Å². The Bertz CT molecular complexity index is 586. The average molecular weight is 318 g/mol. The van der Waals surface area contributed by atoms with Gasteiger partial charge in [0.25, 0.3) is 5.91 Å². The predicted octanol–water partition coefficient (Wildman–Crippen LogP) is 0.496.